The second-order valence-electron chi connectivity index (χ2n) is 5.68. The van der Waals surface area contributed by atoms with Gasteiger partial charge < -0.3 is 9.80 Å². The van der Waals surface area contributed by atoms with Crippen molar-refractivity contribution in [3.8, 4) is 0 Å². The summed E-state index contributed by atoms with van der Waals surface area (Å²) in [5.74, 6) is 0.0678. The van der Waals surface area contributed by atoms with Gasteiger partial charge in [0.2, 0.25) is 0 Å². The fraction of sp³-hybridized carbons (Fsp3) is 0.286. The highest BCUT2D eigenvalue weighted by molar-refractivity contribution is 6.00. The number of hydrogen-bond acceptors (Lipinski definition) is 2. The third-order valence-corrected chi connectivity index (χ3v) is 4.19. The largest absolute Gasteiger partial charge is 0.339 e. The maximum Gasteiger partial charge on any atom is 0.255 e. The van der Waals surface area contributed by atoms with Gasteiger partial charge in [-0.25, -0.2) is 0 Å². The van der Waals surface area contributed by atoms with Crippen molar-refractivity contribution in [2.75, 3.05) is 24.5 Å². The zero-order chi connectivity index (χ0) is 17.5. The van der Waals surface area contributed by atoms with Crippen molar-refractivity contribution in [1.82, 2.24) is 4.90 Å². The summed E-state index contributed by atoms with van der Waals surface area (Å²) in [5, 5.41) is 0. The van der Waals surface area contributed by atoms with Gasteiger partial charge in [-0.1, -0.05) is 36.4 Å². The molecule has 2 rings (SSSR count). The first kappa shape index (κ1) is 17.8. The average molecular weight is 322 g/mol. The summed E-state index contributed by atoms with van der Waals surface area (Å²) >= 11 is 0. The van der Waals surface area contributed by atoms with Gasteiger partial charge >= 0.3 is 0 Å². The summed E-state index contributed by atoms with van der Waals surface area (Å²) < 4.78 is 0. The van der Waals surface area contributed by atoms with Crippen LogP contribution in [0.2, 0.25) is 0 Å². The average Bonchev–Trinajstić information content (AvgIpc) is 2.61. The van der Waals surface area contributed by atoms with Crippen molar-refractivity contribution >= 4 is 17.3 Å². The molecule has 0 unspecified atom stereocenters. The molecule has 0 heterocycles. The molecule has 126 valence electrons. The van der Waals surface area contributed by atoms with Crippen LogP contribution in [0.25, 0.3) is 0 Å². The molecule has 2 aromatic rings. The highest BCUT2D eigenvalue weighted by atomic mass is 16.2. The lowest BCUT2D eigenvalue weighted by atomic mass is 10.1. The third-order valence-electron chi connectivity index (χ3n) is 4.19. The SMILES string of the molecule is C=CCN(c1ccccc1C)c1ccccc1C(=O)N(CC)CC. The van der Waals surface area contributed by atoms with Gasteiger partial charge in [-0.15, -0.1) is 6.58 Å². The van der Waals surface area contributed by atoms with Crippen molar-refractivity contribution in [3.05, 3.63) is 72.3 Å². The first-order valence-electron chi connectivity index (χ1n) is 8.46. The molecule has 0 saturated carbocycles. The highest BCUT2D eigenvalue weighted by Crippen LogP contribution is 2.31. The van der Waals surface area contributed by atoms with Crippen molar-refractivity contribution in [2.45, 2.75) is 20.8 Å². The number of benzene rings is 2. The molecular weight excluding hydrogens is 296 g/mol. The lowest BCUT2D eigenvalue weighted by Gasteiger charge is -2.29. The molecular formula is C21H26N2O. The van der Waals surface area contributed by atoms with Gasteiger partial charge in [-0.05, 0) is 44.5 Å². The van der Waals surface area contributed by atoms with Crippen molar-refractivity contribution < 1.29 is 4.79 Å². The lowest BCUT2D eigenvalue weighted by Crippen LogP contribution is -2.32. The van der Waals surface area contributed by atoms with E-state index in [0.29, 0.717) is 19.6 Å². The summed E-state index contributed by atoms with van der Waals surface area (Å²) in [6, 6.07) is 16.0. The van der Waals surface area contributed by atoms with E-state index in [1.165, 1.54) is 5.56 Å². The van der Waals surface area contributed by atoms with E-state index in [4.69, 9.17) is 0 Å². The molecule has 0 fully saturated rings. The first-order chi connectivity index (χ1) is 11.6. The Kier molecular flexibility index (Phi) is 6.19. The Morgan fingerprint density at radius 3 is 2.17 bits per heavy atom. The number of rotatable bonds is 7. The smallest absolute Gasteiger partial charge is 0.255 e. The predicted molar refractivity (Wildman–Crippen MR) is 102 cm³/mol. The highest BCUT2D eigenvalue weighted by Gasteiger charge is 2.20. The summed E-state index contributed by atoms with van der Waals surface area (Å²) in [6.07, 6.45) is 1.87. The minimum absolute atomic E-state index is 0.0678. The molecule has 0 radical (unpaired) electrons. The molecule has 0 atom stereocenters. The van der Waals surface area contributed by atoms with Crippen LogP contribution in [0.15, 0.2) is 61.2 Å². The number of carbonyl (C=O) groups excluding carboxylic acids is 1. The maximum atomic E-state index is 12.9. The molecule has 1 amide bonds. The summed E-state index contributed by atoms with van der Waals surface area (Å²) in [4.78, 5) is 16.9. The Hall–Kier alpha value is -2.55. The predicted octanol–water partition coefficient (Wildman–Crippen LogP) is 4.80. The minimum Gasteiger partial charge on any atom is -0.339 e. The van der Waals surface area contributed by atoms with E-state index in [9.17, 15) is 4.79 Å². The number of para-hydroxylation sites is 2. The number of aryl methyl sites for hydroxylation is 1. The zero-order valence-corrected chi connectivity index (χ0v) is 14.8. The van der Waals surface area contributed by atoms with Gasteiger partial charge in [0, 0.05) is 25.3 Å². The second kappa shape index (κ2) is 8.34. The van der Waals surface area contributed by atoms with Crippen molar-refractivity contribution in [2.24, 2.45) is 0 Å². The Bertz CT molecular complexity index is 704. The van der Waals surface area contributed by atoms with E-state index < -0.39 is 0 Å². The van der Waals surface area contributed by atoms with Crippen LogP contribution in [0, 0.1) is 6.92 Å². The molecule has 3 heteroatoms. The second-order valence-corrected chi connectivity index (χ2v) is 5.68. The van der Waals surface area contributed by atoms with E-state index in [1.807, 2.05) is 61.2 Å². The fourth-order valence-electron chi connectivity index (χ4n) is 2.89. The summed E-state index contributed by atoms with van der Waals surface area (Å²) in [5.41, 5.74) is 3.91. The van der Waals surface area contributed by atoms with Crippen LogP contribution in [0.5, 0.6) is 0 Å². The number of amides is 1. The van der Waals surface area contributed by atoms with Crippen LogP contribution in [-0.4, -0.2) is 30.4 Å². The van der Waals surface area contributed by atoms with Gasteiger partial charge in [0.15, 0.2) is 0 Å². The van der Waals surface area contributed by atoms with E-state index in [-0.39, 0.29) is 5.91 Å². The summed E-state index contributed by atoms with van der Waals surface area (Å²) in [7, 11) is 0. The number of hydrogen-bond donors (Lipinski definition) is 0. The first-order valence-corrected chi connectivity index (χ1v) is 8.46. The molecule has 0 N–H and O–H groups in total. The Labute approximate surface area is 145 Å². The van der Waals surface area contributed by atoms with Gasteiger partial charge in [-0.3, -0.25) is 4.79 Å². The van der Waals surface area contributed by atoms with Gasteiger partial charge in [0.05, 0.1) is 11.3 Å². The van der Waals surface area contributed by atoms with Crippen LogP contribution >= 0.6 is 0 Å². The van der Waals surface area contributed by atoms with Crippen LogP contribution in [0.3, 0.4) is 0 Å². The molecule has 0 aliphatic carbocycles. The van der Waals surface area contributed by atoms with E-state index in [0.717, 1.165) is 16.9 Å². The molecule has 0 saturated heterocycles. The number of nitrogens with zero attached hydrogens (tertiary/aromatic N) is 2. The maximum absolute atomic E-state index is 12.9. The Morgan fingerprint density at radius 2 is 1.58 bits per heavy atom. The lowest BCUT2D eigenvalue weighted by molar-refractivity contribution is 0.0773. The van der Waals surface area contributed by atoms with E-state index in [2.05, 4.69) is 30.5 Å². The molecule has 2 aromatic carbocycles. The molecule has 0 aromatic heterocycles. The van der Waals surface area contributed by atoms with Crippen LogP contribution in [-0.2, 0) is 0 Å². The normalized spacial score (nSPS) is 10.3. The van der Waals surface area contributed by atoms with E-state index in [1.54, 1.807) is 0 Å². The molecule has 24 heavy (non-hydrogen) atoms. The summed E-state index contributed by atoms with van der Waals surface area (Å²) in [6.45, 7) is 12.0. The zero-order valence-electron chi connectivity index (χ0n) is 14.8. The quantitative estimate of drug-likeness (QED) is 0.684. The topological polar surface area (TPSA) is 23.6 Å². The van der Waals surface area contributed by atoms with Crippen LogP contribution in [0.1, 0.15) is 29.8 Å². The van der Waals surface area contributed by atoms with Gasteiger partial charge in [0.25, 0.3) is 5.91 Å². The monoisotopic (exact) mass is 322 g/mol. The fourth-order valence-corrected chi connectivity index (χ4v) is 2.89. The number of carbonyl (C=O) groups is 1. The Balaban J connectivity index is 2.54. The number of anilines is 2. The van der Waals surface area contributed by atoms with Crippen molar-refractivity contribution in [3.63, 3.8) is 0 Å². The molecule has 3 nitrogen and oxygen atoms in total. The Morgan fingerprint density at radius 1 is 1.00 bits per heavy atom. The molecule has 0 bridgehead atoms. The molecule has 0 spiro atoms. The third kappa shape index (κ3) is 3.67. The van der Waals surface area contributed by atoms with E-state index >= 15 is 0 Å². The minimum atomic E-state index is 0.0678. The van der Waals surface area contributed by atoms with Crippen LogP contribution in [0.4, 0.5) is 11.4 Å². The van der Waals surface area contributed by atoms with Crippen LogP contribution < -0.4 is 4.90 Å². The van der Waals surface area contributed by atoms with Gasteiger partial charge in [-0.2, -0.15) is 0 Å². The standard InChI is InChI=1S/C21H26N2O/c1-5-16-23(19-14-10-8-12-17(19)4)20-15-11-9-13-18(20)21(24)22(6-2)7-3/h5,8-15H,1,6-7,16H2,2-4H3. The van der Waals surface area contributed by atoms with Crippen molar-refractivity contribution in [1.29, 1.82) is 0 Å². The molecule has 0 aliphatic heterocycles. The van der Waals surface area contributed by atoms with Gasteiger partial charge in [0.1, 0.15) is 0 Å². The molecule has 0 aliphatic rings.